The van der Waals surface area contributed by atoms with Crippen molar-refractivity contribution in [2.45, 2.75) is 11.8 Å². The number of thioether (sulfide) groups is 1. The maximum Gasteiger partial charge on any atom is 0.341 e. The molecule has 0 radical (unpaired) electrons. The fraction of sp³-hybridized carbons (Fsp3) is 0.174. The van der Waals surface area contributed by atoms with Gasteiger partial charge in [-0.05, 0) is 30.7 Å². The van der Waals surface area contributed by atoms with Crippen LogP contribution in [-0.2, 0) is 19.1 Å². The number of carbonyl (C=O) groups excluding carboxylic acids is 3. The van der Waals surface area contributed by atoms with Crippen LogP contribution in [0.4, 0.5) is 5.00 Å². The molecule has 3 rings (SSSR count). The number of hydrogen-bond donors (Lipinski definition) is 1. The summed E-state index contributed by atoms with van der Waals surface area (Å²) in [5, 5.41) is 5.71. The molecule has 6 nitrogen and oxygen atoms in total. The van der Waals surface area contributed by atoms with Crippen molar-refractivity contribution in [2.75, 3.05) is 24.3 Å². The van der Waals surface area contributed by atoms with E-state index in [4.69, 9.17) is 32.7 Å². The Hall–Kier alpha value is -2.52. The average Bonchev–Trinajstić information content (AvgIpc) is 3.22. The Morgan fingerprint density at radius 2 is 1.82 bits per heavy atom. The third kappa shape index (κ3) is 6.98. The molecule has 10 heteroatoms. The first-order valence-electron chi connectivity index (χ1n) is 9.76. The molecule has 0 atom stereocenters. The summed E-state index contributed by atoms with van der Waals surface area (Å²) in [6.45, 7) is 1.41. The Morgan fingerprint density at radius 3 is 2.55 bits per heavy atom. The van der Waals surface area contributed by atoms with Crippen LogP contribution in [0.15, 0.2) is 58.8 Å². The first-order valence-corrected chi connectivity index (χ1v) is 12.4. The van der Waals surface area contributed by atoms with Crippen molar-refractivity contribution in [3.8, 4) is 11.1 Å². The lowest BCUT2D eigenvalue weighted by atomic mass is 10.0. The van der Waals surface area contributed by atoms with Gasteiger partial charge in [-0.2, -0.15) is 0 Å². The fourth-order valence-corrected chi connectivity index (χ4v) is 5.03. The van der Waals surface area contributed by atoms with Crippen LogP contribution < -0.4 is 5.32 Å². The molecule has 1 amide bonds. The molecular formula is C23H19Cl2NO5S2. The predicted molar refractivity (Wildman–Crippen MR) is 132 cm³/mol. The minimum absolute atomic E-state index is 0.0431. The van der Waals surface area contributed by atoms with Gasteiger partial charge in [0.05, 0.1) is 17.4 Å². The maximum atomic E-state index is 12.6. The van der Waals surface area contributed by atoms with Crippen molar-refractivity contribution < 1.29 is 23.9 Å². The summed E-state index contributed by atoms with van der Waals surface area (Å²) in [5.74, 6) is -1.74. The van der Waals surface area contributed by atoms with Gasteiger partial charge in [0.25, 0.3) is 5.91 Å². The van der Waals surface area contributed by atoms with Crippen molar-refractivity contribution >= 4 is 69.1 Å². The van der Waals surface area contributed by atoms with E-state index in [9.17, 15) is 14.4 Å². The van der Waals surface area contributed by atoms with Gasteiger partial charge >= 0.3 is 11.9 Å². The highest BCUT2D eigenvalue weighted by Gasteiger charge is 2.23. The summed E-state index contributed by atoms with van der Waals surface area (Å²) in [6, 6.07) is 14.2. The lowest BCUT2D eigenvalue weighted by Crippen LogP contribution is -2.22. The number of rotatable bonds is 9. The van der Waals surface area contributed by atoms with Crippen LogP contribution in [0.1, 0.15) is 17.3 Å². The topological polar surface area (TPSA) is 81.7 Å². The molecule has 0 saturated heterocycles. The van der Waals surface area contributed by atoms with E-state index in [0.717, 1.165) is 17.3 Å². The van der Waals surface area contributed by atoms with Gasteiger partial charge < -0.3 is 14.8 Å². The minimum atomic E-state index is -0.590. The molecule has 172 valence electrons. The molecule has 0 spiro atoms. The van der Waals surface area contributed by atoms with Gasteiger partial charge in [-0.3, -0.25) is 9.59 Å². The van der Waals surface area contributed by atoms with Crippen LogP contribution in [0.25, 0.3) is 11.1 Å². The van der Waals surface area contributed by atoms with E-state index in [1.165, 1.54) is 11.3 Å². The van der Waals surface area contributed by atoms with Crippen molar-refractivity contribution in [2.24, 2.45) is 0 Å². The van der Waals surface area contributed by atoms with Crippen LogP contribution in [0.5, 0.6) is 0 Å². The minimum Gasteiger partial charge on any atom is -0.462 e. The van der Waals surface area contributed by atoms with E-state index in [0.29, 0.717) is 25.5 Å². The third-order valence-electron chi connectivity index (χ3n) is 4.21. The predicted octanol–water partition coefficient (Wildman–Crippen LogP) is 6.17. The number of anilines is 1. The van der Waals surface area contributed by atoms with E-state index in [1.54, 1.807) is 30.5 Å². The molecule has 0 aliphatic heterocycles. The van der Waals surface area contributed by atoms with Gasteiger partial charge in [0.1, 0.15) is 10.6 Å². The van der Waals surface area contributed by atoms with E-state index in [2.05, 4.69) is 5.32 Å². The summed E-state index contributed by atoms with van der Waals surface area (Å²) in [6.07, 6.45) is 0. The Kier molecular flexibility index (Phi) is 9.20. The van der Waals surface area contributed by atoms with Crippen molar-refractivity contribution in [3.63, 3.8) is 0 Å². The number of thiophene rings is 1. The molecular weight excluding hydrogens is 505 g/mol. The highest BCUT2D eigenvalue weighted by atomic mass is 35.5. The molecule has 0 saturated carbocycles. The summed E-state index contributed by atoms with van der Waals surface area (Å²) < 4.78 is 10.2. The van der Waals surface area contributed by atoms with Gasteiger partial charge in [-0.25, -0.2) is 4.79 Å². The van der Waals surface area contributed by atoms with Crippen molar-refractivity contribution in [1.82, 2.24) is 0 Å². The summed E-state index contributed by atoms with van der Waals surface area (Å²) in [4.78, 5) is 37.6. The molecule has 2 aromatic carbocycles. The summed E-state index contributed by atoms with van der Waals surface area (Å²) in [5.41, 5.74) is 1.74. The summed E-state index contributed by atoms with van der Waals surface area (Å²) >= 11 is 14.4. The number of benzene rings is 2. The van der Waals surface area contributed by atoms with Crippen LogP contribution in [-0.4, -0.2) is 36.8 Å². The Bertz CT molecular complexity index is 1150. The number of esters is 2. The van der Waals surface area contributed by atoms with Crippen LogP contribution in [0.2, 0.25) is 10.0 Å². The SMILES string of the molecule is CCOC(=O)c1c(-c2ccccc2)csc1NC(=O)COC(=O)CSc1cc(Cl)ccc1Cl. The molecule has 33 heavy (non-hydrogen) atoms. The second-order valence-corrected chi connectivity index (χ2v) is 9.25. The number of amides is 1. The van der Waals surface area contributed by atoms with Gasteiger partial charge in [-0.15, -0.1) is 23.1 Å². The monoisotopic (exact) mass is 523 g/mol. The molecule has 1 heterocycles. The Labute approximate surface area is 209 Å². The van der Waals surface area contributed by atoms with Crippen LogP contribution in [0, 0.1) is 0 Å². The van der Waals surface area contributed by atoms with Crippen LogP contribution >= 0.6 is 46.3 Å². The third-order valence-corrected chi connectivity index (χ3v) is 6.81. The first-order chi connectivity index (χ1) is 15.9. The maximum absolute atomic E-state index is 12.6. The Balaban J connectivity index is 1.61. The number of ether oxygens (including phenoxy) is 2. The molecule has 0 aliphatic rings. The van der Waals surface area contributed by atoms with Gasteiger partial charge in [0, 0.05) is 20.9 Å². The molecule has 0 bridgehead atoms. The van der Waals surface area contributed by atoms with Gasteiger partial charge in [-0.1, -0.05) is 53.5 Å². The number of halogens is 2. The van der Waals surface area contributed by atoms with E-state index < -0.39 is 24.5 Å². The molecule has 1 aromatic heterocycles. The average molecular weight is 524 g/mol. The lowest BCUT2D eigenvalue weighted by Gasteiger charge is -2.09. The first kappa shape index (κ1) is 25.1. The van der Waals surface area contributed by atoms with E-state index in [1.807, 2.05) is 30.3 Å². The standard InChI is InChI=1S/C23H19Cl2NO5S2/c1-2-30-23(29)21-16(14-6-4-3-5-7-14)12-33-22(21)26-19(27)11-31-20(28)13-32-18-10-15(24)8-9-17(18)25/h3-10,12H,2,11,13H2,1H3,(H,26,27). The second kappa shape index (κ2) is 12.1. The number of carbonyl (C=O) groups is 3. The van der Waals surface area contributed by atoms with Gasteiger partial charge in [0.2, 0.25) is 0 Å². The lowest BCUT2D eigenvalue weighted by molar-refractivity contribution is -0.144. The molecule has 3 aromatic rings. The zero-order valence-electron chi connectivity index (χ0n) is 17.4. The van der Waals surface area contributed by atoms with E-state index >= 15 is 0 Å². The Morgan fingerprint density at radius 1 is 1.06 bits per heavy atom. The highest BCUT2D eigenvalue weighted by Crippen LogP contribution is 2.36. The zero-order chi connectivity index (χ0) is 23.8. The molecule has 0 aliphatic carbocycles. The van der Waals surface area contributed by atoms with Crippen molar-refractivity contribution in [1.29, 1.82) is 0 Å². The van der Waals surface area contributed by atoms with Crippen LogP contribution in [0.3, 0.4) is 0 Å². The smallest absolute Gasteiger partial charge is 0.341 e. The highest BCUT2D eigenvalue weighted by molar-refractivity contribution is 8.00. The molecule has 1 N–H and O–H groups in total. The fourth-order valence-electron chi connectivity index (χ4n) is 2.76. The number of hydrogen-bond acceptors (Lipinski definition) is 7. The second-order valence-electron chi connectivity index (χ2n) is 6.51. The largest absolute Gasteiger partial charge is 0.462 e. The van der Waals surface area contributed by atoms with Gasteiger partial charge in [0.15, 0.2) is 6.61 Å². The molecule has 0 unspecified atom stereocenters. The van der Waals surface area contributed by atoms with Crippen molar-refractivity contribution in [3.05, 3.63) is 69.5 Å². The quantitative estimate of drug-likeness (QED) is 0.266. The zero-order valence-corrected chi connectivity index (χ0v) is 20.6. The number of nitrogens with one attached hydrogen (secondary N) is 1. The van der Waals surface area contributed by atoms with E-state index in [-0.39, 0.29) is 17.9 Å². The summed E-state index contributed by atoms with van der Waals surface area (Å²) in [7, 11) is 0. The molecule has 0 fully saturated rings. The normalized spacial score (nSPS) is 10.5.